The molecule has 2 unspecified atom stereocenters. The number of hydrogen-bond donors (Lipinski definition) is 0. The van der Waals surface area contributed by atoms with Gasteiger partial charge < -0.3 is 0 Å². The maximum atomic E-state index is 5.08. The fourth-order valence-electron chi connectivity index (χ4n) is 1.09. The fraction of sp³-hybridized carbons (Fsp3) is 1.00. The molecule has 1 saturated heterocycles. The standard InChI is InChI=1S/C6H11O2.BrH.Hg/c1-3-6-4-5(2)7-8-6;;/h5-6H,1,3-4H2,2H3;1H;/q;;+1/p-1. The van der Waals surface area contributed by atoms with E-state index in [0.29, 0.717) is 12.2 Å². The molecular weight excluding hydrogens is 385 g/mol. The average molecular weight is 396 g/mol. The molecular formula is C6H11BrHgO2. The molecule has 1 aliphatic rings. The summed E-state index contributed by atoms with van der Waals surface area (Å²) in [4.78, 5) is 10.1. The summed E-state index contributed by atoms with van der Waals surface area (Å²) < 4.78 is 1.39. The van der Waals surface area contributed by atoms with E-state index in [0.717, 1.165) is 6.42 Å². The van der Waals surface area contributed by atoms with Crippen molar-refractivity contribution in [3.8, 4) is 0 Å². The Morgan fingerprint density at radius 2 is 2.40 bits per heavy atom. The van der Waals surface area contributed by atoms with Gasteiger partial charge in [-0.2, -0.15) is 0 Å². The molecule has 1 rings (SSSR count). The van der Waals surface area contributed by atoms with Crippen LogP contribution in [0.2, 0.25) is 3.93 Å². The van der Waals surface area contributed by atoms with Crippen LogP contribution in [0.3, 0.4) is 0 Å². The summed E-state index contributed by atoms with van der Waals surface area (Å²) in [5.41, 5.74) is 0. The summed E-state index contributed by atoms with van der Waals surface area (Å²) in [5, 5.41) is 0. The average Bonchev–Trinajstić information content (AvgIpc) is 2.31. The third kappa shape index (κ3) is 3.16. The van der Waals surface area contributed by atoms with E-state index in [4.69, 9.17) is 9.78 Å². The van der Waals surface area contributed by atoms with Gasteiger partial charge in [-0.15, -0.1) is 0 Å². The Balaban J connectivity index is 2.06. The quantitative estimate of drug-likeness (QED) is 0.539. The second-order valence-electron chi connectivity index (χ2n) is 2.69. The second kappa shape index (κ2) is 5.06. The van der Waals surface area contributed by atoms with Gasteiger partial charge in [0.15, 0.2) is 0 Å². The number of hydrogen-bond acceptors (Lipinski definition) is 2. The first-order valence-electron chi connectivity index (χ1n) is 3.71. The normalized spacial score (nSPS) is 32.2. The Kier molecular flexibility index (Phi) is 4.77. The van der Waals surface area contributed by atoms with Gasteiger partial charge in [0.05, 0.1) is 0 Å². The van der Waals surface area contributed by atoms with Gasteiger partial charge in [-0.1, -0.05) is 0 Å². The van der Waals surface area contributed by atoms with Crippen molar-refractivity contribution in [2.45, 2.75) is 35.9 Å². The second-order valence-corrected chi connectivity index (χ2v) is 13.9. The molecule has 2 atom stereocenters. The van der Waals surface area contributed by atoms with Gasteiger partial charge >= 0.3 is 79.7 Å². The summed E-state index contributed by atoms with van der Waals surface area (Å²) in [6.45, 7) is 2.05. The molecule has 0 N–H and O–H groups in total. The third-order valence-corrected chi connectivity index (χ3v) is 9.16. The summed E-state index contributed by atoms with van der Waals surface area (Å²) in [6.07, 6.45) is 3.00. The van der Waals surface area contributed by atoms with Crippen molar-refractivity contribution in [2.75, 3.05) is 0 Å². The van der Waals surface area contributed by atoms with Gasteiger partial charge in [0.25, 0.3) is 0 Å². The SMILES string of the molecule is CC1CC(C[CH2][Hg][Br])OO1. The Hall–Kier alpha value is 1.34. The Bertz CT molecular complexity index is 102. The fourth-order valence-corrected chi connectivity index (χ4v) is 6.30. The van der Waals surface area contributed by atoms with Crippen LogP contribution in [0, 0.1) is 0 Å². The summed E-state index contributed by atoms with van der Waals surface area (Å²) >= 11 is 3.03. The zero-order chi connectivity index (χ0) is 7.40. The van der Waals surface area contributed by atoms with Crippen LogP contribution >= 0.6 is 11.9 Å². The Morgan fingerprint density at radius 3 is 2.90 bits per heavy atom. The van der Waals surface area contributed by atoms with Crippen molar-refractivity contribution in [3.63, 3.8) is 0 Å². The van der Waals surface area contributed by atoms with Crippen molar-refractivity contribution < 1.29 is 31.9 Å². The molecule has 1 fully saturated rings. The molecule has 0 bridgehead atoms. The van der Waals surface area contributed by atoms with Gasteiger partial charge in [-0.05, 0) is 0 Å². The molecule has 0 aromatic carbocycles. The monoisotopic (exact) mass is 396 g/mol. The Morgan fingerprint density at radius 1 is 1.60 bits per heavy atom. The third-order valence-electron chi connectivity index (χ3n) is 1.61. The molecule has 0 aliphatic carbocycles. The van der Waals surface area contributed by atoms with E-state index in [1.165, 1.54) is 10.4 Å². The number of halogens is 1. The molecule has 0 aromatic rings. The van der Waals surface area contributed by atoms with E-state index in [1.807, 2.05) is 0 Å². The first-order chi connectivity index (χ1) is 4.83. The predicted octanol–water partition coefficient (Wildman–Crippen LogP) is 2.30. The molecule has 56 valence electrons. The van der Waals surface area contributed by atoms with E-state index in [2.05, 4.69) is 18.8 Å². The van der Waals surface area contributed by atoms with Gasteiger partial charge in [0.1, 0.15) is 0 Å². The molecule has 0 spiro atoms. The van der Waals surface area contributed by atoms with Crippen LogP contribution in [-0.2, 0) is 31.9 Å². The first kappa shape index (κ1) is 9.42. The van der Waals surface area contributed by atoms with Crippen molar-refractivity contribution in [1.29, 1.82) is 0 Å². The zero-order valence-electron chi connectivity index (χ0n) is 6.18. The van der Waals surface area contributed by atoms with Crippen LogP contribution in [0.1, 0.15) is 19.8 Å². The zero-order valence-corrected chi connectivity index (χ0v) is 13.3. The minimum absolute atomic E-state index is 0.317. The molecule has 2 nitrogen and oxygen atoms in total. The molecule has 0 amide bonds. The molecule has 0 radical (unpaired) electrons. The van der Waals surface area contributed by atoms with E-state index in [9.17, 15) is 0 Å². The first-order valence-corrected chi connectivity index (χ1v) is 19.5. The molecule has 0 aromatic heterocycles. The van der Waals surface area contributed by atoms with E-state index in [-0.39, 0.29) is 0 Å². The van der Waals surface area contributed by atoms with Gasteiger partial charge in [0, 0.05) is 0 Å². The van der Waals surface area contributed by atoms with Crippen molar-refractivity contribution in [2.24, 2.45) is 0 Å². The topological polar surface area (TPSA) is 18.5 Å². The van der Waals surface area contributed by atoms with Crippen LogP contribution in [0.5, 0.6) is 0 Å². The van der Waals surface area contributed by atoms with E-state index < -0.39 is 22.1 Å². The maximum absolute atomic E-state index is 5.08. The summed E-state index contributed by atoms with van der Waals surface area (Å²) in [5.74, 6) is 0. The van der Waals surface area contributed by atoms with Gasteiger partial charge in [0.2, 0.25) is 0 Å². The molecule has 10 heavy (non-hydrogen) atoms. The molecule has 4 heteroatoms. The Labute approximate surface area is 79.3 Å². The molecule has 0 saturated carbocycles. The summed E-state index contributed by atoms with van der Waals surface area (Å²) in [6, 6.07) is 0. The molecule has 1 heterocycles. The van der Waals surface area contributed by atoms with Gasteiger partial charge in [-0.3, -0.25) is 0 Å². The van der Waals surface area contributed by atoms with Crippen LogP contribution in [-0.4, -0.2) is 12.2 Å². The van der Waals surface area contributed by atoms with Crippen LogP contribution in [0.25, 0.3) is 0 Å². The minimum atomic E-state index is -0.570. The van der Waals surface area contributed by atoms with Crippen molar-refractivity contribution >= 4 is 11.9 Å². The van der Waals surface area contributed by atoms with E-state index in [1.54, 1.807) is 0 Å². The molecule has 1 aliphatic heterocycles. The summed E-state index contributed by atoms with van der Waals surface area (Å²) in [7, 11) is 0. The van der Waals surface area contributed by atoms with Crippen molar-refractivity contribution in [1.82, 2.24) is 0 Å². The van der Waals surface area contributed by atoms with E-state index >= 15 is 0 Å². The van der Waals surface area contributed by atoms with Crippen LogP contribution in [0.4, 0.5) is 0 Å². The van der Waals surface area contributed by atoms with Crippen LogP contribution < -0.4 is 0 Å². The van der Waals surface area contributed by atoms with Crippen molar-refractivity contribution in [3.05, 3.63) is 0 Å². The van der Waals surface area contributed by atoms with Gasteiger partial charge in [-0.25, -0.2) is 0 Å². The number of rotatable bonds is 3. The van der Waals surface area contributed by atoms with Crippen LogP contribution in [0.15, 0.2) is 0 Å². The predicted molar refractivity (Wildman–Crippen MR) is 38.4 cm³/mol.